The molecular formula is C14H20ClN3OS. The first kappa shape index (κ1) is 17.0. The third kappa shape index (κ3) is 5.94. The molecule has 110 valence electrons. The van der Waals surface area contributed by atoms with Crippen LogP contribution in [0.15, 0.2) is 40.0 Å². The highest BCUT2D eigenvalue weighted by molar-refractivity contribution is 7.98. The number of thioether (sulfide) groups is 1. The van der Waals surface area contributed by atoms with Crippen LogP contribution >= 0.6 is 24.2 Å². The fourth-order valence-electron chi connectivity index (χ4n) is 1.71. The molecule has 0 fully saturated rings. The van der Waals surface area contributed by atoms with Gasteiger partial charge in [0.15, 0.2) is 0 Å². The molecule has 1 aromatic carbocycles. The zero-order valence-corrected chi connectivity index (χ0v) is 13.0. The molecule has 0 saturated heterocycles. The minimum Gasteiger partial charge on any atom is -0.416 e. The number of benzene rings is 1. The Morgan fingerprint density at radius 2 is 1.85 bits per heavy atom. The summed E-state index contributed by atoms with van der Waals surface area (Å²) >= 11 is 1.58. The van der Waals surface area contributed by atoms with Gasteiger partial charge >= 0.3 is 0 Å². The number of halogens is 1. The second kappa shape index (κ2) is 9.80. The molecule has 4 nitrogen and oxygen atoms in total. The van der Waals surface area contributed by atoms with Gasteiger partial charge in [-0.3, -0.25) is 0 Å². The van der Waals surface area contributed by atoms with E-state index in [1.165, 1.54) is 5.56 Å². The predicted molar refractivity (Wildman–Crippen MR) is 84.2 cm³/mol. The van der Waals surface area contributed by atoms with Crippen molar-refractivity contribution in [2.75, 3.05) is 6.54 Å². The fourth-order valence-corrected chi connectivity index (χ4v) is 2.45. The van der Waals surface area contributed by atoms with Crippen molar-refractivity contribution in [2.45, 2.75) is 36.7 Å². The number of nitrogens with two attached hydrogens (primary N) is 1. The number of unbranched alkanes of at least 4 members (excludes halogenated alkanes) is 2. The smallest absolute Gasteiger partial charge is 0.276 e. The van der Waals surface area contributed by atoms with Crippen LogP contribution in [0.1, 0.15) is 30.7 Å². The van der Waals surface area contributed by atoms with E-state index in [1.807, 2.05) is 18.2 Å². The number of nitrogens with zero attached hydrogens (tertiary/aromatic N) is 2. The van der Waals surface area contributed by atoms with E-state index in [0.29, 0.717) is 5.22 Å². The van der Waals surface area contributed by atoms with E-state index in [4.69, 9.17) is 10.2 Å². The Bertz CT molecular complexity index is 478. The minimum absolute atomic E-state index is 0. The Kier molecular flexibility index (Phi) is 8.34. The van der Waals surface area contributed by atoms with Gasteiger partial charge in [-0.1, -0.05) is 48.5 Å². The van der Waals surface area contributed by atoms with Crippen LogP contribution in [0.3, 0.4) is 0 Å². The number of rotatable bonds is 8. The summed E-state index contributed by atoms with van der Waals surface area (Å²) < 4.78 is 5.60. The summed E-state index contributed by atoms with van der Waals surface area (Å²) in [5.74, 6) is 1.59. The molecule has 0 amide bonds. The maximum Gasteiger partial charge on any atom is 0.276 e. The van der Waals surface area contributed by atoms with Gasteiger partial charge in [0, 0.05) is 12.2 Å². The van der Waals surface area contributed by atoms with Crippen LogP contribution in [-0.2, 0) is 12.2 Å². The first-order valence-electron chi connectivity index (χ1n) is 6.57. The molecule has 0 radical (unpaired) electrons. The van der Waals surface area contributed by atoms with E-state index in [2.05, 4.69) is 22.3 Å². The van der Waals surface area contributed by atoms with Gasteiger partial charge in [-0.25, -0.2) is 0 Å². The number of hydrogen-bond donors (Lipinski definition) is 1. The van der Waals surface area contributed by atoms with Gasteiger partial charge in [-0.05, 0) is 24.9 Å². The molecule has 0 bridgehead atoms. The number of hydrogen-bond acceptors (Lipinski definition) is 5. The fraction of sp³-hybridized carbons (Fsp3) is 0.429. The van der Waals surface area contributed by atoms with Crippen molar-refractivity contribution < 1.29 is 4.42 Å². The normalized spacial score (nSPS) is 10.2. The van der Waals surface area contributed by atoms with Crippen LogP contribution < -0.4 is 5.73 Å². The lowest BCUT2D eigenvalue weighted by Crippen LogP contribution is -1.98. The standard InChI is InChI=1S/C14H19N3OS.ClH/c15-10-6-2-5-9-13-16-17-14(18-13)19-11-12-7-3-1-4-8-12;/h1,3-4,7-8H,2,5-6,9-11,15H2;1H. The lowest BCUT2D eigenvalue weighted by atomic mass is 10.2. The molecule has 0 saturated carbocycles. The first-order valence-corrected chi connectivity index (χ1v) is 7.56. The van der Waals surface area contributed by atoms with Crippen molar-refractivity contribution >= 4 is 24.2 Å². The SMILES string of the molecule is Cl.NCCCCCc1nnc(SCc2ccccc2)o1. The van der Waals surface area contributed by atoms with Gasteiger partial charge in [-0.2, -0.15) is 0 Å². The molecule has 1 heterocycles. The van der Waals surface area contributed by atoms with E-state index >= 15 is 0 Å². The highest BCUT2D eigenvalue weighted by Gasteiger charge is 2.06. The molecule has 2 N–H and O–H groups in total. The monoisotopic (exact) mass is 313 g/mol. The minimum atomic E-state index is 0. The second-order valence-corrected chi connectivity index (χ2v) is 5.26. The predicted octanol–water partition coefficient (Wildman–Crippen LogP) is 3.46. The largest absolute Gasteiger partial charge is 0.416 e. The molecule has 6 heteroatoms. The molecule has 2 aromatic rings. The zero-order chi connectivity index (χ0) is 13.3. The molecule has 1 aromatic heterocycles. The Hall–Kier alpha value is -1.04. The van der Waals surface area contributed by atoms with Crippen molar-refractivity contribution in [2.24, 2.45) is 5.73 Å². The quantitative estimate of drug-likeness (QED) is 0.597. The van der Waals surface area contributed by atoms with Crippen molar-refractivity contribution in [1.29, 1.82) is 0 Å². The average molecular weight is 314 g/mol. The lowest BCUT2D eigenvalue weighted by molar-refractivity contribution is 0.407. The average Bonchev–Trinajstić information content (AvgIpc) is 2.91. The van der Waals surface area contributed by atoms with E-state index in [9.17, 15) is 0 Å². The van der Waals surface area contributed by atoms with E-state index in [0.717, 1.165) is 43.9 Å². The zero-order valence-electron chi connectivity index (χ0n) is 11.3. The summed E-state index contributed by atoms with van der Waals surface area (Å²) in [6.07, 6.45) is 4.08. The Morgan fingerprint density at radius 3 is 2.60 bits per heavy atom. The van der Waals surface area contributed by atoms with E-state index in [1.54, 1.807) is 11.8 Å². The molecule has 0 aliphatic carbocycles. The summed E-state index contributed by atoms with van der Waals surface area (Å²) in [7, 11) is 0. The number of aromatic nitrogens is 2. The molecule has 2 rings (SSSR count). The highest BCUT2D eigenvalue weighted by atomic mass is 35.5. The summed E-state index contributed by atoms with van der Waals surface area (Å²) in [5, 5.41) is 8.76. The van der Waals surface area contributed by atoms with Crippen LogP contribution in [0.5, 0.6) is 0 Å². The van der Waals surface area contributed by atoms with Gasteiger partial charge in [0.25, 0.3) is 5.22 Å². The molecular weight excluding hydrogens is 294 g/mol. The maximum atomic E-state index is 5.60. The topological polar surface area (TPSA) is 64.9 Å². The third-order valence-electron chi connectivity index (χ3n) is 2.75. The number of aryl methyl sites for hydroxylation is 1. The summed E-state index contributed by atoms with van der Waals surface area (Å²) in [5.41, 5.74) is 6.71. The molecule has 0 spiro atoms. The van der Waals surface area contributed by atoms with E-state index < -0.39 is 0 Å². The van der Waals surface area contributed by atoms with Crippen LogP contribution in [0, 0.1) is 0 Å². The van der Waals surface area contributed by atoms with Crippen molar-refractivity contribution in [3.05, 3.63) is 41.8 Å². The summed E-state index contributed by atoms with van der Waals surface area (Å²) in [4.78, 5) is 0. The molecule has 0 aliphatic rings. The van der Waals surface area contributed by atoms with Crippen LogP contribution in [0.2, 0.25) is 0 Å². The van der Waals surface area contributed by atoms with Crippen LogP contribution in [0.25, 0.3) is 0 Å². The van der Waals surface area contributed by atoms with Gasteiger partial charge in [-0.15, -0.1) is 22.6 Å². The van der Waals surface area contributed by atoms with Gasteiger partial charge in [0.05, 0.1) is 0 Å². The van der Waals surface area contributed by atoms with Crippen molar-refractivity contribution in [3.8, 4) is 0 Å². The Morgan fingerprint density at radius 1 is 1.05 bits per heavy atom. The van der Waals surface area contributed by atoms with Gasteiger partial charge < -0.3 is 10.2 Å². The Labute approximate surface area is 129 Å². The molecule has 20 heavy (non-hydrogen) atoms. The van der Waals surface area contributed by atoms with Crippen LogP contribution in [0.4, 0.5) is 0 Å². The molecule has 0 atom stereocenters. The highest BCUT2D eigenvalue weighted by Crippen LogP contribution is 2.21. The lowest BCUT2D eigenvalue weighted by Gasteiger charge is -1.97. The summed E-state index contributed by atoms with van der Waals surface area (Å²) in [6, 6.07) is 10.3. The van der Waals surface area contributed by atoms with Crippen molar-refractivity contribution in [3.63, 3.8) is 0 Å². The van der Waals surface area contributed by atoms with Crippen LogP contribution in [-0.4, -0.2) is 16.7 Å². The third-order valence-corrected chi connectivity index (χ3v) is 3.64. The molecule has 0 unspecified atom stereocenters. The first-order chi connectivity index (χ1) is 9.38. The summed E-state index contributed by atoms with van der Waals surface area (Å²) in [6.45, 7) is 0.752. The molecule has 0 aliphatic heterocycles. The second-order valence-electron chi connectivity index (χ2n) is 4.34. The van der Waals surface area contributed by atoms with Crippen molar-refractivity contribution in [1.82, 2.24) is 10.2 Å². The van der Waals surface area contributed by atoms with E-state index in [-0.39, 0.29) is 12.4 Å². The maximum absolute atomic E-state index is 5.60. The van der Waals surface area contributed by atoms with Gasteiger partial charge in [0.2, 0.25) is 5.89 Å². The Balaban J connectivity index is 0.00000200. The van der Waals surface area contributed by atoms with Gasteiger partial charge in [0.1, 0.15) is 0 Å².